The number of carboxylic acids is 1. The van der Waals surface area contributed by atoms with Crippen molar-refractivity contribution in [2.45, 2.75) is 65.1 Å². The highest BCUT2D eigenvalue weighted by atomic mass is 31.2. The fourth-order valence-corrected chi connectivity index (χ4v) is 5.15. The number of nitrogens with one attached hydrogen (secondary N) is 1. The third kappa shape index (κ3) is 6.02. The normalized spacial score (nSPS) is 19.0. The van der Waals surface area contributed by atoms with Crippen LogP contribution in [0.25, 0.3) is 11.2 Å². The average Bonchev–Trinajstić information content (AvgIpc) is 3.42. The lowest BCUT2D eigenvalue weighted by atomic mass is 10.0. The van der Waals surface area contributed by atoms with Gasteiger partial charge in [-0.05, 0) is 33.6 Å². The minimum atomic E-state index is -3.73. The maximum Gasteiger partial charge on any atom is 0.364 e. The number of fused-ring (bicyclic) bond motifs is 1. The molecule has 0 bridgehead atoms. The number of oxime groups is 1. The van der Waals surface area contributed by atoms with Gasteiger partial charge < -0.3 is 24.8 Å². The number of nitrogen functional groups attached to an aromatic ring is 1. The van der Waals surface area contributed by atoms with Crippen molar-refractivity contribution in [3.05, 3.63) is 12.7 Å². The van der Waals surface area contributed by atoms with Crippen LogP contribution >= 0.6 is 7.52 Å². The molecule has 0 aliphatic heterocycles. The number of aromatic nitrogens is 4. The number of hydrogen-bond donors (Lipinski definition) is 3. The summed E-state index contributed by atoms with van der Waals surface area (Å²) in [6.07, 6.45) is 6.45. The third-order valence-electron chi connectivity index (χ3n) is 5.44. The molecule has 13 heteroatoms. The maximum atomic E-state index is 13.3. The molecule has 32 heavy (non-hydrogen) atoms. The zero-order valence-corrected chi connectivity index (χ0v) is 19.4. The van der Waals surface area contributed by atoms with Crippen LogP contribution in [-0.2, 0) is 25.3 Å². The Morgan fingerprint density at radius 2 is 2.09 bits per heavy atom. The van der Waals surface area contributed by atoms with Gasteiger partial charge in [0.25, 0.3) is 0 Å². The predicted molar refractivity (Wildman–Crippen MR) is 119 cm³/mol. The average molecular weight is 467 g/mol. The van der Waals surface area contributed by atoms with Gasteiger partial charge in [-0.3, -0.25) is 9.36 Å². The summed E-state index contributed by atoms with van der Waals surface area (Å²) in [4.78, 5) is 23.6. The van der Waals surface area contributed by atoms with E-state index in [0.29, 0.717) is 23.6 Å². The molecule has 2 aromatic heterocycles. The molecule has 3 atom stereocenters. The van der Waals surface area contributed by atoms with Gasteiger partial charge in [0.15, 0.2) is 11.5 Å². The summed E-state index contributed by atoms with van der Waals surface area (Å²) in [6.45, 7) is 5.36. The van der Waals surface area contributed by atoms with E-state index in [0.717, 1.165) is 31.4 Å². The Hall–Kier alpha value is -2.56. The highest BCUT2D eigenvalue weighted by molar-refractivity contribution is 7.56. The fourth-order valence-electron chi connectivity index (χ4n) is 3.57. The van der Waals surface area contributed by atoms with Gasteiger partial charge in [-0.2, -0.15) is 0 Å². The lowest BCUT2D eigenvalue weighted by Gasteiger charge is -2.22. The minimum absolute atomic E-state index is 0.280. The second-order valence-corrected chi connectivity index (χ2v) is 10.1. The number of carboxylic acid groups (broad SMARTS) is 1. The Bertz CT molecular complexity index is 1020. The molecule has 2 aromatic rings. The van der Waals surface area contributed by atoms with E-state index in [4.69, 9.17) is 15.1 Å². The SMILES string of the molecule is C/C(=N\OP(=O)(CO[C@H](C)Cn1cnc2c(N)ncnc21)N[C@@H](C)C(=O)O)C1CCCC1. The number of nitrogens with two attached hydrogens (primary N) is 1. The van der Waals surface area contributed by atoms with Crippen molar-refractivity contribution in [2.75, 3.05) is 12.1 Å². The number of imidazole rings is 1. The summed E-state index contributed by atoms with van der Waals surface area (Å²) in [6, 6.07) is -1.10. The number of hydrogen-bond acceptors (Lipinski definition) is 9. The van der Waals surface area contributed by atoms with Crippen molar-refractivity contribution in [3.8, 4) is 0 Å². The molecule has 12 nitrogen and oxygen atoms in total. The van der Waals surface area contributed by atoms with Crippen molar-refractivity contribution < 1.29 is 23.8 Å². The van der Waals surface area contributed by atoms with Crippen molar-refractivity contribution in [1.29, 1.82) is 0 Å². The van der Waals surface area contributed by atoms with Crippen LogP contribution in [0.3, 0.4) is 0 Å². The monoisotopic (exact) mass is 467 g/mol. The molecule has 1 aliphatic carbocycles. The Morgan fingerprint density at radius 3 is 2.78 bits per heavy atom. The molecule has 0 spiro atoms. The molecule has 0 aromatic carbocycles. The summed E-state index contributed by atoms with van der Waals surface area (Å²) in [5, 5.41) is 15.8. The fraction of sp³-hybridized carbons (Fsp3) is 0.632. The Kier molecular flexibility index (Phi) is 7.81. The molecule has 0 amide bonds. The van der Waals surface area contributed by atoms with Crippen LogP contribution in [0.5, 0.6) is 0 Å². The topological polar surface area (TPSA) is 167 Å². The van der Waals surface area contributed by atoms with Crippen LogP contribution in [-0.4, -0.2) is 54.8 Å². The summed E-state index contributed by atoms with van der Waals surface area (Å²) in [7, 11) is -3.73. The van der Waals surface area contributed by atoms with Crippen LogP contribution in [0.2, 0.25) is 0 Å². The molecule has 1 aliphatic rings. The number of rotatable bonds is 11. The van der Waals surface area contributed by atoms with Crippen LogP contribution in [0.15, 0.2) is 17.8 Å². The van der Waals surface area contributed by atoms with Gasteiger partial charge in [0.05, 0.1) is 24.7 Å². The first kappa shape index (κ1) is 24.1. The van der Waals surface area contributed by atoms with E-state index in [-0.39, 0.29) is 12.2 Å². The molecule has 2 heterocycles. The van der Waals surface area contributed by atoms with E-state index in [1.165, 1.54) is 13.3 Å². The van der Waals surface area contributed by atoms with Gasteiger partial charge in [-0.25, -0.2) is 20.0 Å². The first-order valence-electron chi connectivity index (χ1n) is 10.5. The third-order valence-corrected chi connectivity index (χ3v) is 7.05. The van der Waals surface area contributed by atoms with E-state index >= 15 is 0 Å². The molecule has 1 unspecified atom stereocenters. The minimum Gasteiger partial charge on any atom is -0.480 e. The first-order chi connectivity index (χ1) is 15.2. The second-order valence-electron chi connectivity index (χ2n) is 8.09. The number of anilines is 1. The van der Waals surface area contributed by atoms with Gasteiger partial charge in [-0.1, -0.05) is 18.0 Å². The summed E-state index contributed by atoms with van der Waals surface area (Å²) in [5.41, 5.74) is 7.61. The van der Waals surface area contributed by atoms with Crippen molar-refractivity contribution >= 4 is 36.2 Å². The van der Waals surface area contributed by atoms with Gasteiger partial charge in [-0.15, -0.1) is 0 Å². The standard InChI is InChI=1S/C19H30N7O5P/c1-12(8-26-10-23-16-17(20)21-9-22-18(16)26)30-11-32(29,25-14(3)19(27)28)31-24-13(2)15-6-4-5-7-15/h9-10,12,14-15H,4-8,11H2,1-3H3,(H,25,29)(H,27,28)(H2,20,21,22)/b24-13+/t12-,14+,32?/m1/s1. The molecular weight excluding hydrogens is 437 g/mol. The molecule has 176 valence electrons. The molecule has 1 fully saturated rings. The van der Waals surface area contributed by atoms with Crippen molar-refractivity contribution in [2.24, 2.45) is 11.1 Å². The van der Waals surface area contributed by atoms with Gasteiger partial charge in [0, 0.05) is 5.92 Å². The number of carbonyl (C=O) groups is 1. The largest absolute Gasteiger partial charge is 0.480 e. The number of nitrogens with zero attached hydrogens (tertiary/aromatic N) is 5. The molecule has 0 saturated heterocycles. The highest BCUT2D eigenvalue weighted by Gasteiger charge is 2.31. The molecular formula is C19H30N7O5P. The summed E-state index contributed by atoms with van der Waals surface area (Å²) in [5.74, 6) is -0.577. The number of ether oxygens (including phenoxy) is 1. The predicted octanol–water partition coefficient (Wildman–Crippen LogP) is 2.61. The van der Waals surface area contributed by atoms with Crippen LogP contribution < -0.4 is 10.8 Å². The Morgan fingerprint density at radius 1 is 1.38 bits per heavy atom. The van der Waals surface area contributed by atoms with Gasteiger partial charge >= 0.3 is 13.5 Å². The summed E-state index contributed by atoms with van der Waals surface area (Å²) < 4.78 is 26.2. The van der Waals surface area contributed by atoms with E-state index in [2.05, 4.69) is 25.2 Å². The Balaban J connectivity index is 1.66. The highest BCUT2D eigenvalue weighted by Crippen LogP contribution is 2.44. The van der Waals surface area contributed by atoms with Crippen LogP contribution in [0.1, 0.15) is 46.5 Å². The molecule has 3 rings (SSSR count). The van der Waals surface area contributed by atoms with E-state index < -0.39 is 25.6 Å². The lowest BCUT2D eigenvalue weighted by Crippen LogP contribution is -2.33. The lowest BCUT2D eigenvalue weighted by molar-refractivity contribution is -0.138. The van der Waals surface area contributed by atoms with Crippen molar-refractivity contribution in [3.63, 3.8) is 0 Å². The number of aliphatic carboxylic acids is 1. The van der Waals surface area contributed by atoms with E-state index in [1.54, 1.807) is 17.8 Å². The van der Waals surface area contributed by atoms with E-state index in [9.17, 15) is 14.5 Å². The Labute approximate surface area is 186 Å². The van der Waals surface area contributed by atoms with Gasteiger partial charge in [0.2, 0.25) is 0 Å². The first-order valence-corrected chi connectivity index (χ1v) is 12.4. The van der Waals surface area contributed by atoms with Crippen LogP contribution in [0, 0.1) is 5.92 Å². The molecule has 4 N–H and O–H groups in total. The zero-order chi connectivity index (χ0) is 23.3. The summed E-state index contributed by atoms with van der Waals surface area (Å²) >= 11 is 0. The maximum absolute atomic E-state index is 13.3. The molecule has 0 radical (unpaired) electrons. The molecule has 1 saturated carbocycles. The zero-order valence-electron chi connectivity index (χ0n) is 18.5. The smallest absolute Gasteiger partial charge is 0.364 e. The second kappa shape index (κ2) is 10.4. The van der Waals surface area contributed by atoms with Crippen molar-refractivity contribution in [1.82, 2.24) is 24.6 Å². The van der Waals surface area contributed by atoms with E-state index in [1.807, 2.05) is 6.92 Å². The quantitative estimate of drug-likeness (QED) is 0.254. The van der Waals surface area contributed by atoms with Gasteiger partial charge in [0.1, 0.15) is 24.2 Å². The van der Waals surface area contributed by atoms with Crippen LogP contribution in [0.4, 0.5) is 5.82 Å².